The van der Waals surface area contributed by atoms with Gasteiger partial charge in [0.25, 0.3) is 0 Å². The van der Waals surface area contributed by atoms with E-state index in [0.29, 0.717) is 19.8 Å². The third-order valence-electron chi connectivity index (χ3n) is 8.61. The highest BCUT2D eigenvalue weighted by Gasteiger charge is 2.39. The molecule has 0 aromatic heterocycles. The number of hydrogen-bond donors (Lipinski definition) is 1. The van der Waals surface area contributed by atoms with Gasteiger partial charge < -0.3 is 19.0 Å². The van der Waals surface area contributed by atoms with Gasteiger partial charge in [0.2, 0.25) is 0 Å². The lowest BCUT2D eigenvalue weighted by Crippen LogP contribution is -2.41. The summed E-state index contributed by atoms with van der Waals surface area (Å²) in [4.78, 5) is 0. The van der Waals surface area contributed by atoms with Gasteiger partial charge in [0.1, 0.15) is 0 Å². The van der Waals surface area contributed by atoms with Crippen LogP contribution in [0.3, 0.4) is 0 Å². The number of hydrogen-bond acceptors (Lipinski definition) is 4. The molecular formula is C27H55NO3Si3. The first-order valence-corrected chi connectivity index (χ1v) is 21.5. The minimum Gasteiger partial charge on any atom is -0.413 e. The van der Waals surface area contributed by atoms with E-state index in [-0.39, 0.29) is 15.1 Å². The maximum atomic E-state index is 6.72. The Kier molecular flexibility index (Phi) is 9.75. The summed E-state index contributed by atoms with van der Waals surface area (Å²) >= 11 is 0. The lowest BCUT2D eigenvalue weighted by atomic mass is 10.0. The van der Waals surface area contributed by atoms with Gasteiger partial charge in [-0.05, 0) is 72.1 Å². The van der Waals surface area contributed by atoms with Crippen molar-refractivity contribution in [2.24, 2.45) is 0 Å². The largest absolute Gasteiger partial charge is 0.413 e. The molecule has 0 aliphatic rings. The molecule has 1 aromatic rings. The highest BCUT2D eigenvalue weighted by molar-refractivity contribution is 6.74. The molecule has 0 bridgehead atoms. The van der Waals surface area contributed by atoms with Crippen LogP contribution < -0.4 is 5.73 Å². The van der Waals surface area contributed by atoms with Gasteiger partial charge in [0.05, 0.1) is 19.8 Å². The first kappa shape index (κ1) is 31.6. The monoisotopic (exact) mass is 525 g/mol. The fourth-order valence-electron chi connectivity index (χ4n) is 2.60. The first-order valence-electron chi connectivity index (χ1n) is 12.7. The van der Waals surface area contributed by atoms with Crippen LogP contribution in [-0.4, -0.2) is 25.0 Å². The molecule has 0 amide bonds. The van der Waals surface area contributed by atoms with Crippen LogP contribution >= 0.6 is 0 Å². The van der Waals surface area contributed by atoms with Crippen LogP contribution in [0, 0.1) is 0 Å². The van der Waals surface area contributed by atoms with Crippen molar-refractivity contribution in [1.29, 1.82) is 0 Å². The van der Waals surface area contributed by atoms with Crippen LogP contribution in [0.15, 0.2) is 12.1 Å². The summed E-state index contributed by atoms with van der Waals surface area (Å²) in [5.41, 5.74) is 10.8. The smallest absolute Gasteiger partial charge is 0.192 e. The van der Waals surface area contributed by atoms with Crippen molar-refractivity contribution < 1.29 is 13.3 Å². The van der Waals surface area contributed by atoms with Crippen molar-refractivity contribution in [1.82, 2.24) is 0 Å². The number of rotatable bonds is 9. The Hall–Kier alpha value is -0.449. The Morgan fingerprint density at radius 2 is 0.824 bits per heavy atom. The third-order valence-corrected chi connectivity index (χ3v) is 22.0. The Balaban J connectivity index is 3.30. The summed E-state index contributed by atoms with van der Waals surface area (Å²) in [5, 5.41) is 0.474. The minimum atomic E-state index is -1.90. The van der Waals surface area contributed by atoms with Crippen molar-refractivity contribution in [2.75, 3.05) is 5.73 Å². The first-order chi connectivity index (χ1) is 14.9. The van der Waals surface area contributed by atoms with Crippen LogP contribution in [0.5, 0.6) is 0 Å². The van der Waals surface area contributed by atoms with Crippen LogP contribution in [0.2, 0.25) is 54.4 Å². The van der Waals surface area contributed by atoms with Gasteiger partial charge in [-0.2, -0.15) is 0 Å². The molecule has 2 N–H and O–H groups in total. The van der Waals surface area contributed by atoms with E-state index in [1.165, 1.54) is 0 Å². The Morgan fingerprint density at radius 3 is 1.09 bits per heavy atom. The molecule has 0 aliphatic carbocycles. The number of anilines is 1. The van der Waals surface area contributed by atoms with E-state index in [9.17, 15) is 0 Å². The Bertz CT molecular complexity index is 778. The second-order valence-corrected chi connectivity index (χ2v) is 28.9. The Labute approximate surface area is 214 Å². The predicted molar refractivity (Wildman–Crippen MR) is 157 cm³/mol. The van der Waals surface area contributed by atoms with E-state index in [1.54, 1.807) is 0 Å². The van der Waals surface area contributed by atoms with Crippen molar-refractivity contribution in [3.63, 3.8) is 0 Å². The highest BCUT2D eigenvalue weighted by Crippen LogP contribution is 2.40. The normalized spacial score (nSPS) is 14.6. The average Bonchev–Trinajstić information content (AvgIpc) is 2.62. The second-order valence-electron chi connectivity index (χ2n) is 14.5. The molecule has 0 saturated carbocycles. The van der Waals surface area contributed by atoms with Gasteiger partial charge in [-0.1, -0.05) is 62.3 Å². The Morgan fingerprint density at radius 1 is 0.559 bits per heavy atom. The van der Waals surface area contributed by atoms with Crippen LogP contribution in [0.25, 0.3) is 0 Å². The van der Waals surface area contributed by atoms with Gasteiger partial charge in [-0.15, -0.1) is 0 Å². The lowest BCUT2D eigenvalue weighted by Gasteiger charge is -2.37. The van der Waals surface area contributed by atoms with Crippen molar-refractivity contribution in [2.45, 2.75) is 137 Å². The van der Waals surface area contributed by atoms with E-state index < -0.39 is 25.0 Å². The average molecular weight is 526 g/mol. The zero-order valence-corrected chi connectivity index (χ0v) is 28.1. The quantitative estimate of drug-likeness (QED) is 0.258. The molecule has 0 fully saturated rings. The standard InChI is InChI=1S/C27H55NO3Si3/c1-25(2,3)32(10,11)29-18-21-16-22(19-30-33(12,13)26(4,5)6)24(28)23(17-21)20-31-34(14,15)27(7,8)9/h16-17H,18-20,28H2,1-15H3. The molecule has 34 heavy (non-hydrogen) atoms. The third kappa shape index (κ3) is 8.03. The molecule has 0 spiro atoms. The summed E-state index contributed by atoms with van der Waals surface area (Å²) in [7, 11) is -5.66. The fourth-order valence-corrected chi connectivity index (χ4v) is 5.46. The van der Waals surface area contributed by atoms with E-state index in [0.717, 1.165) is 22.4 Å². The maximum absolute atomic E-state index is 6.72. The summed E-state index contributed by atoms with van der Waals surface area (Å²) in [6.45, 7) is 35.8. The van der Waals surface area contributed by atoms with Crippen molar-refractivity contribution in [3.8, 4) is 0 Å². The summed E-state index contributed by atoms with van der Waals surface area (Å²) in [5.74, 6) is 0. The van der Waals surface area contributed by atoms with Crippen LogP contribution in [-0.2, 0) is 33.1 Å². The van der Waals surface area contributed by atoms with Crippen molar-refractivity contribution >= 4 is 30.6 Å². The molecular weight excluding hydrogens is 471 g/mol. The predicted octanol–water partition coefficient (Wildman–Crippen LogP) is 8.83. The highest BCUT2D eigenvalue weighted by atomic mass is 28.4. The van der Waals surface area contributed by atoms with Gasteiger partial charge in [0, 0.05) is 16.8 Å². The molecule has 0 heterocycles. The SMILES string of the molecule is CC(C)(C)[Si](C)(C)OCc1cc(CO[Si](C)(C)C(C)(C)C)c(N)c(CO[Si](C)(C)C(C)(C)C)c1. The van der Waals surface area contributed by atoms with Crippen LogP contribution in [0.1, 0.15) is 79.0 Å². The van der Waals surface area contributed by atoms with Gasteiger partial charge in [0.15, 0.2) is 25.0 Å². The fraction of sp³-hybridized carbons (Fsp3) is 0.778. The van der Waals surface area contributed by atoms with Gasteiger partial charge in [-0.25, -0.2) is 0 Å². The maximum Gasteiger partial charge on any atom is 0.192 e. The topological polar surface area (TPSA) is 53.7 Å². The van der Waals surface area contributed by atoms with Crippen LogP contribution in [0.4, 0.5) is 5.69 Å². The molecule has 0 atom stereocenters. The van der Waals surface area contributed by atoms with E-state index in [2.05, 4.69) is 114 Å². The number of nitrogen functional groups attached to an aromatic ring is 1. The second kappa shape index (κ2) is 10.5. The molecule has 4 nitrogen and oxygen atoms in total. The number of benzene rings is 1. The van der Waals surface area contributed by atoms with E-state index in [4.69, 9.17) is 19.0 Å². The zero-order valence-electron chi connectivity index (χ0n) is 25.1. The molecule has 7 heteroatoms. The van der Waals surface area contributed by atoms with Gasteiger partial charge >= 0.3 is 0 Å². The molecule has 0 aliphatic heterocycles. The minimum absolute atomic E-state index is 0.152. The van der Waals surface area contributed by atoms with Gasteiger partial charge in [-0.3, -0.25) is 0 Å². The zero-order chi connectivity index (χ0) is 27.0. The molecule has 1 rings (SSSR count). The molecule has 0 unspecified atom stereocenters. The van der Waals surface area contributed by atoms with E-state index >= 15 is 0 Å². The summed E-state index contributed by atoms with van der Waals surface area (Å²) < 4.78 is 19.7. The molecule has 1 aromatic carbocycles. The summed E-state index contributed by atoms with van der Waals surface area (Å²) in [6.07, 6.45) is 0. The van der Waals surface area contributed by atoms with E-state index in [1.807, 2.05) is 0 Å². The lowest BCUT2D eigenvalue weighted by molar-refractivity contribution is 0.266. The molecule has 198 valence electrons. The molecule has 0 radical (unpaired) electrons. The van der Waals surface area contributed by atoms with Crippen molar-refractivity contribution in [3.05, 3.63) is 28.8 Å². The summed E-state index contributed by atoms with van der Waals surface area (Å²) in [6, 6.07) is 4.37. The molecule has 0 saturated heterocycles. The number of nitrogens with two attached hydrogens (primary N) is 1.